The van der Waals surface area contributed by atoms with Gasteiger partial charge in [-0.1, -0.05) is 6.07 Å². The van der Waals surface area contributed by atoms with Crippen LogP contribution < -0.4 is 4.74 Å². The molecule has 0 aromatic heterocycles. The predicted octanol–water partition coefficient (Wildman–Crippen LogP) is 1.26. The lowest BCUT2D eigenvalue weighted by Crippen LogP contribution is -2.37. The zero-order valence-corrected chi connectivity index (χ0v) is 12.0. The van der Waals surface area contributed by atoms with E-state index in [1.54, 1.807) is 31.4 Å². The highest BCUT2D eigenvalue weighted by molar-refractivity contribution is 5.95. The summed E-state index contributed by atoms with van der Waals surface area (Å²) >= 11 is 0. The molecule has 0 aliphatic carbocycles. The molecule has 1 saturated heterocycles. The highest BCUT2D eigenvalue weighted by Crippen LogP contribution is 2.23. The minimum Gasteiger partial charge on any atom is -0.491 e. The van der Waals surface area contributed by atoms with Gasteiger partial charge in [0.05, 0.1) is 25.8 Å². The molecule has 21 heavy (non-hydrogen) atoms. The molecule has 0 spiro atoms. The van der Waals surface area contributed by atoms with Gasteiger partial charge < -0.3 is 19.5 Å². The number of carbonyl (C=O) groups is 1. The lowest BCUT2D eigenvalue weighted by Gasteiger charge is -2.22. The van der Waals surface area contributed by atoms with Gasteiger partial charge in [-0.2, -0.15) is 0 Å². The number of nitrogens with zero attached hydrogens (tertiary/aromatic N) is 1. The number of hydrogen-bond acceptors (Lipinski definition) is 4. The monoisotopic (exact) mass is 297 g/mol. The molecule has 1 fully saturated rings. The fourth-order valence-corrected chi connectivity index (χ4v) is 2.41. The number of amides is 1. The minimum atomic E-state index is -1.08. The van der Waals surface area contributed by atoms with E-state index in [0.29, 0.717) is 24.5 Å². The normalized spacial score (nSPS) is 21.6. The minimum absolute atomic E-state index is 0.0266. The lowest BCUT2D eigenvalue weighted by atomic mass is 10.1. The maximum Gasteiger partial charge on any atom is 0.254 e. The first-order chi connectivity index (χ1) is 10.2. The van der Waals surface area contributed by atoms with Gasteiger partial charge >= 0.3 is 0 Å². The van der Waals surface area contributed by atoms with E-state index < -0.39 is 12.2 Å². The number of hydrogen-bond donors (Lipinski definition) is 1. The Balaban J connectivity index is 2.06. The van der Waals surface area contributed by atoms with Crippen LogP contribution in [0.2, 0.25) is 0 Å². The van der Waals surface area contributed by atoms with Crippen molar-refractivity contribution >= 4 is 5.91 Å². The Bertz CT molecular complexity index is 482. The topological polar surface area (TPSA) is 59.0 Å². The molecule has 1 aliphatic heterocycles. The van der Waals surface area contributed by atoms with Gasteiger partial charge in [0.2, 0.25) is 0 Å². The molecule has 1 aromatic rings. The molecule has 1 aromatic carbocycles. The van der Waals surface area contributed by atoms with Gasteiger partial charge in [0, 0.05) is 19.1 Å². The summed E-state index contributed by atoms with van der Waals surface area (Å²) < 4.78 is 23.8. The van der Waals surface area contributed by atoms with Gasteiger partial charge in [-0.25, -0.2) is 4.39 Å². The van der Waals surface area contributed by atoms with Crippen LogP contribution in [0.1, 0.15) is 16.8 Å². The first-order valence-electron chi connectivity index (χ1n) is 6.93. The van der Waals surface area contributed by atoms with Gasteiger partial charge in [-0.05, 0) is 18.2 Å². The molecule has 0 unspecified atom stereocenters. The molecule has 2 atom stereocenters. The van der Waals surface area contributed by atoms with Crippen molar-refractivity contribution < 1.29 is 23.8 Å². The van der Waals surface area contributed by atoms with Crippen LogP contribution in [-0.4, -0.2) is 61.6 Å². The van der Waals surface area contributed by atoms with Gasteiger partial charge in [0.25, 0.3) is 5.91 Å². The Morgan fingerprint density at radius 2 is 2.29 bits per heavy atom. The van der Waals surface area contributed by atoms with Gasteiger partial charge in [-0.15, -0.1) is 0 Å². The van der Waals surface area contributed by atoms with Crippen LogP contribution in [0.25, 0.3) is 0 Å². The first-order valence-corrected chi connectivity index (χ1v) is 6.93. The lowest BCUT2D eigenvalue weighted by molar-refractivity contribution is 0.0672. The molecule has 1 N–H and O–H groups in total. The van der Waals surface area contributed by atoms with Crippen LogP contribution in [0.5, 0.6) is 5.75 Å². The zero-order valence-electron chi connectivity index (χ0n) is 12.0. The smallest absolute Gasteiger partial charge is 0.254 e. The molecule has 1 amide bonds. The molecule has 6 heteroatoms. The Morgan fingerprint density at radius 3 is 3.00 bits per heavy atom. The SMILES string of the molecule is COCCOc1cccc(C(=O)N2C[C@@H](F)C[C@H]2CO)c1. The van der Waals surface area contributed by atoms with Crippen molar-refractivity contribution in [3.63, 3.8) is 0 Å². The fraction of sp³-hybridized carbons (Fsp3) is 0.533. The average Bonchev–Trinajstić information content (AvgIpc) is 2.88. The quantitative estimate of drug-likeness (QED) is 0.803. The Labute approximate surface area is 123 Å². The first kappa shape index (κ1) is 15.7. The number of aliphatic hydroxyl groups is 1. The van der Waals surface area contributed by atoms with E-state index in [4.69, 9.17) is 9.47 Å². The van der Waals surface area contributed by atoms with Crippen molar-refractivity contribution in [2.45, 2.75) is 18.6 Å². The maximum absolute atomic E-state index is 13.4. The molecular formula is C15H20FNO4. The molecule has 0 saturated carbocycles. The van der Waals surface area contributed by atoms with Gasteiger partial charge in [-0.3, -0.25) is 4.79 Å². The highest BCUT2D eigenvalue weighted by Gasteiger charge is 2.35. The number of rotatable bonds is 6. The number of aliphatic hydroxyl groups excluding tert-OH is 1. The van der Waals surface area contributed by atoms with Crippen LogP contribution in [0.4, 0.5) is 4.39 Å². The van der Waals surface area contributed by atoms with E-state index in [-0.39, 0.29) is 25.5 Å². The third kappa shape index (κ3) is 3.92. The average molecular weight is 297 g/mol. The number of likely N-dealkylation sites (tertiary alicyclic amines) is 1. The number of carbonyl (C=O) groups excluding carboxylic acids is 1. The van der Waals surface area contributed by atoms with Crippen molar-refractivity contribution in [2.75, 3.05) is 33.5 Å². The van der Waals surface area contributed by atoms with Crippen LogP contribution in [0, 0.1) is 0 Å². The number of benzene rings is 1. The fourth-order valence-electron chi connectivity index (χ4n) is 2.41. The van der Waals surface area contributed by atoms with Crippen LogP contribution in [0.3, 0.4) is 0 Å². The summed E-state index contributed by atoms with van der Waals surface area (Å²) in [5.41, 5.74) is 0.428. The standard InChI is InChI=1S/C15H20FNO4/c1-20-5-6-21-14-4-2-3-11(7-14)15(19)17-9-12(16)8-13(17)10-18/h2-4,7,12-13,18H,5-6,8-10H2,1H3/t12-,13-/m0/s1. The predicted molar refractivity (Wildman–Crippen MR) is 75.2 cm³/mol. The van der Waals surface area contributed by atoms with Crippen molar-refractivity contribution in [1.82, 2.24) is 4.90 Å². The van der Waals surface area contributed by atoms with E-state index in [9.17, 15) is 14.3 Å². The number of alkyl halides is 1. The molecule has 116 valence electrons. The third-order valence-corrected chi connectivity index (χ3v) is 3.47. The second kappa shape index (κ2) is 7.38. The summed E-state index contributed by atoms with van der Waals surface area (Å²) in [4.78, 5) is 13.8. The molecule has 1 heterocycles. The Morgan fingerprint density at radius 1 is 1.48 bits per heavy atom. The van der Waals surface area contributed by atoms with Crippen molar-refractivity contribution in [3.05, 3.63) is 29.8 Å². The second-order valence-electron chi connectivity index (χ2n) is 5.00. The Kier molecular flexibility index (Phi) is 5.52. The second-order valence-corrected chi connectivity index (χ2v) is 5.00. The third-order valence-electron chi connectivity index (χ3n) is 3.47. The van der Waals surface area contributed by atoms with Gasteiger partial charge in [0.1, 0.15) is 18.5 Å². The van der Waals surface area contributed by atoms with Crippen LogP contribution >= 0.6 is 0 Å². The van der Waals surface area contributed by atoms with Crippen LogP contribution in [0.15, 0.2) is 24.3 Å². The number of methoxy groups -OCH3 is 1. The van der Waals surface area contributed by atoms with Crippen molar-refractivity contribution in [1.29, 1.82) is 0 Å². The summed E-state index contributed by atoms with van der Waals surface area (Å²) in [7, 11) is 1.58. The maximum atomic E-state index is 13.4. The largest absolute Gasteiger partial charge is 0.491 e. The molecule has 0 bridgehead atoms. The number of ether oxygens (including phenoxy) is 2. The Hall–Kier alpha value is -1.66. The number of halogens is 1. The summed E-state index contributed by atoms with van der Waals surface area (Å²) in [5.74, 6) is 0.279. The van der Waals surface area contributed by atoms with E-state index in [2.05, 4.69) is 0 Å². The molecule has 0 radical (unpaired) electrons. The molecule has 2 rings (SSSR count). The molecule has 1 aliphatic rings. The molecule has 5 nitrogen and oxygen atoms in total. The summed E-state index contributed by atoms with van der Waals surface area (Å²) in [6.07, 6.45) is -0.890. The summed E-state index contributed by atoms with van der Waals surface area (Å²) in [6, 6.07) is 6.29. The van der Waals surface area contributed by atoms with E-state index >= 15 is 0 Å². The van der Waals surface area contributed by atoms with Gasteiger partial charge in [0.15, 0.2) is 0 Å². The van der Waals surface area contributed by atoms with Crippen molar-refractivity contribution in [3.8, 4) is 5.75 Å². The highest BCUT2D eigenvalue weighted by atomic mass is 19.1. The van der Waals surface area contributed by atoms with E-state index in [0.717, 1.165) is 0 Å². The van der Waals surface area contributed by atoms with E-state index in [1.807, 2.05) is 0 Å². The van der Waals surface area contributed by atoms with Crippen molar-refractivity contribution in [2.24, 2.45) is 0 Å². The van der Waals surface area contributed by atoms with Crippen LogP contribution in [-0.2, 0) is 4.74 Å². The summed E-state index contributed by atoms with van der Waals surface area (Å²) in [6.45, 7) is 0.652. The summed E-state index contributed by atoms with van der Waals surface area (Å²) in [5, 5.41) is 9.25. The van der Waals surface area contributed by atoms with E-state index in [1.165, 1.54) is 4.90 Å². The molecular weight excluding hydrogens is 277 g/mol. The zero-order chi connectivity index (χ0) is 15.2.